The van der Waals surface area contributed by atoms with Gasteiger partial charge in [0.25, 0.3) is 0 Å². The summed E-state index contributed by atoms with van der Waals surface area (Å²) in [6.45, 7) is 0. The molecule has 2 heterocycles. The summed E-state index contributed by atoms with van der Waals surface area (Å²) in [5, 5.41) is 3.62. The first-order valence-electron chi connectivity index (χ1n) is 9.88. The largest absolute Gasteiger partial charge is 0.465 e. The molecule has 1 N–H and O–H groups in total. The highest BCUT2D eigenvalue weighted by Crippen LogP contribution is 2.29. The fourth-order valence-corrected chi connectivity index (χ4v) is 3.28. The van der Waals surface area contributed by atoms with E-state index < -0.39 is 0 Å². The number of amides is 1. The van der Waals surface area contributed by atoms with Gasteiger partial charge in [0.1, 0.15) is 17.3 Å². The van der Waals surface area contributed by atoms with E-state index in [1.165, 1.54) is 18.4 Å². The van der Waals surface area contributed by atoms with Gasteiger partial charge in [-0.15, -0.1) is 0 Å². The number of hydrogen-bond donors (Lipinski definition) is 1. The lowest BCUT2D eigenvalue weighted by Gasteiger charge is -2.03. The minimum absolute atomic E-state index is 0.232. The van der Waals surface area contributed by atoms with E-state index in [0.29, 0.717) is 38.6 Å². The summed E-state index contributed by atoms with van der Waals surface area (Å²) in [7, 11) is 0. The molecule has 4 aromatic rings. The summed E-state index contributed by atoms with van der Waals surface area (Å²) in [5.74, 6) is 1.12. The Morgan fingerprint density at radius 2 is 1.67 bits per heavy atom. The smallest absolute Gasteiger partial charge is 0.248 e. The van der Waals surface area contributed by atoms with Gasteiger partial charge in [0, 0.05) is 22.9 Å². The Kier molecular flexibility index (Phi) is 6.93. The van der Waals surface area contributed by atoms with Gasteiger partial charge in [-0.25, -0.2) is 0 Å². The Bertz CT molecular complexity index is 1350. The van der Waals surface area contributed by atoms with Gasteiger partial charge in [-0.3, -0.25) is 9.59 Å². The molecule has 0 saturated heterocycles. The van der Waals surface area contributed by atoms with Crippen molar-refractivity contribution in [3.8, 4) is 11.3 Å². The molecular formula is C26H17Cl2NO4. The second-order valence-corrected chi connectivity index (χ2v) is 7.76. The third-order valence-corrected chi connectivity index (χ3v) is 5.33. The van der Waals surface area contributed by atoms with Gasteiger partial charge in [-0.05, 0) is 72.8 Å². The van der Waals surface area contributed by atoms with Crippen molar-refractivity contribution in [3.63, 3.8) is 0 Å². The van der Waals surface area contributed by atoms with E-state index in [-0.39, 0.29) is 11.7 Å². The fourth-order valence-electron chi connectivity index (χ4n) is 2.98. The van der Waals surface area contributed by atoms with Gasteiger partial charge < -0.3 is 14.2 Å². The normalized spacial score (nSPS) is 11.3. The number of ketones is 1. The van der Waals surface area contributed by atoms with Crippen LogP contribution < -0.4 is 5.32 Å². The molecule has 1 amide bonds. The van der Waals surface area contributed by atoms with Crippen molar-refractivity contribution >= 4 is 52.7 Å². The zero-order chi connectivity index (χ0) is 23.2. The highest BCUT2D eigenvalue weighted by Gasteiger charge is 2.08. The van der Waals surface area contributed by atoms with Crippen LogP contribution in [0.2, 0.25) is 10.0 Å². The molecule has 0 aliphatic carbocycles. The van der Waals surface area contributed by atoms with Gasteiger partial charge in [0.05, 0.1) is 16.3 Å². The maximum Gasteiger partial charge on any atom is 0.248 e. The van der Waals surface area contributed by atoms with Gasteiger partial charge in [-0.1, -0.05) is 35.3 Å². The zero-order valence-corrected chi connectivity index (χ0v) is 18.6. The second-order valence-electron chi connectivity index (χ2n) is 6.95. The molecule has 33 heavy (non-hydrogen) atoms. The van der Waals surface area contributed by atoms with Gasteiger partial charge in [0.15, 0.2) is 5.78 Å². The van der Waals surface area contributed by atoms with E-state index >= 15 is 0 Å². The summed E-state index contributed by atoms with van der Waals surface area (Å²) >= 11 is 12.0. The van der Waals surface area contributed by atoms with Crippen LogP contribution in [-0.2, 0) is 4.79 Å². The van der Waals surface area contributed by atoms with Gasteiger partial charge in [-0.2, -0.15) is 0 Å². The molecule has 0 saturated carbocycles. The third-order valence-electron chi connectivity index (χ3n) is 4.59. The SMILES string of the molecule is O=C(/C=C/c1ccco1)Nc1cccc(C(=O)/C=C/c2ccc(-c3ccc(Cl)c(Cl)c3)o2)c1. The number of anilines is 1. The number of halogens is 2. The van der Waals surface area contributed by atoms with Crippen LogP contribution in [0.3, 0.4) is 0 Å². The first-order chi connectivity index (χ1) is 16.0. The third kappa shape index (κ3) is 5.92. The number of rotatable bonds is 7. The maximum absolute atomic E-state index is 12.6. The summed E-state index contributed by atoms with van der Waals surface area (Å²) in [6, 6.07) is 18.9. The first kappa shape index (κ1) is 22.4. The standard InChI is InChI=1S/C26H17Cl2NO4/c27-22-10-6-18(16-23(22)28)25-12-8-21(33-25)7-11-24(30)17-3-1-4-19(15-17)29-26(31)13-9-20-5-2-14-32-20/h1-16H,(H,29,31)/b11-7+,13-9+. The number of carbonyl (C=O) groups is 2. The molecule has 164 valence electrons. The Morgan fingerprint density at radius 1 is 0.818 bits per heavy atom. The lowest BCUT2D eigenvalue weighted by molar-refractivity contribution is -0.111. The average Bonchev–Trinajstić information content (AvgIpc) is 3.50. The molecule has 0 spiro atoms. The molecular weight excluding hydrogens is 461 g/mol. The van der Waals surface area contributed by atoms with Crippen molar-refractivity contribution in [2.45, 2.75) is 0 Å². The highest BCUT2D eigenvalue weighted by atomic mass is 35.5. The number of benzene rings is 2. The first-order valence-corrected chi connectivity index (χ1v) is 10.6. The van der Waals surface area contributed by atoms with Crippen molar-refractivity contribution in [1.82, 2.24) is 0 Å². The van der Waals surface area contributed by atoms with Crippen LogP contribution in [0.1, 0.15) is 21.9 Å². The Labute approximate surface area is 199 Å². The minimum atomic E-state index is -0.336. The van der Waals surface area contributed by atoms with E-state index in [9.17, 15) is 9.59 Å². The molecule has 2 aromatic carbocycles. The monoisotopic (exact) mass is 477 g/mol. The Hall–Kier alpha value is -3.80. The highest BCUT2D eigenvalue weighted by molar-refractivity contribution is 6.42. The van der Waals surface area contributed by atoms with E-state index in [2.05, 4.69) is 5.32 Å². The van der Waals surface area contributed by atoms with Crippen LogP contribution in [0, 0.1) is 0 Å². The van der Waals surface area contributed by atoms with Crippen molar-refractivity contribution in [2.75, 3.05) is 5.32 Å². The minimum Gasteiger partial charge on any atom is -0.465 e. The summed E-state index contributed by atoms with van der Waals surface area (Å²) in [4.78, 5) is 24.7. The van der Waals surface area contributed by atoms with Crippen molar-refractivity contribution in [1.29, 1.82) is 0 Å². The van der Waals surface area contributed by atoms with Crippen LogP contribution in [0.5, 0.6) is 0 Å². The number of carbonyl (C=O) groups excluding carboxylic acids is 2. The molecule has 0 aliphatic heterocycles. The van der Waals surface area contributed by atoms with E-state index in [1.807, 2.05) is 0 Å². The summed E-state index contributed by atoms with van der Waals surface area (Å²) in [5.41, 5.74) is 1.71. The predicted octanol–water partition coefficient (Wildman–Crippen LogP) is 7.39. The lowest BCUT2D eigenvalue weighted by atomic mass is 10.1. The quantitative estimate of drug-likeness (QED) is 0.222. The second kappa shape index (κ2) is 10.2. The summed E-state index contributed by atoms with van der Waals surface area (Å²) in [6.07, 6.45) is 7.44. The number of nitrogens with one attached hydrogen (secondary N) is 1. The Balaban J connectivity index is 1.41. The molecule has 0 unspecified atom stereocenters. The van der Waals surface area contributed by atoms with Gasteiger partial charge in [0.2, 0.25) is 5.91 Å². The molecule has 7 heteroatoms. The van der Waals surface area contributed by atoms with Crippen LogP contribution >= 0.6 is 23.2 Å². The van der Waals surface area contributed by atoms with Crippen LogP contribution in [0.15, 0.2) is 94.0 Å². The predicted molar refractivity (Wildman–Crippen MR) is 130 cm³/mol. The number of hydrogen-bond acceptors (Lipinski definition) is 4. The Morgan fingerprint density at radius 3 is 2.45 bits per heavy atom. The molecule has 0 bridgehead atoms. The van der Waals surface area contributed by atoms with Crippen molar-refractivity contribution in [3.05, 3.63) is 112 Å². The van der Waals surface area contributed by atoms with E-state index in [4.69, 9.17) is 32.0 Å². The molecule has 2 aromatic heterocycles. The molecule has 0 aliphatic rings. The van der Waals surface area contributed by atoms with E-state index in [0.717, 1.165) is 5.56 Å². The van der Waals surface area contributed by atoms with Crippen LogP contribution in [0.25, 0.3) is 23.5 Å². The fraction of sp³-hybridized carbons (Fsp3) is 0. The maximum atomic E-state index is 12.6. The van der Waals surface area contributed by atoms with Gasteiger partial charge >= 0.3 is 0 Å². The molecule has 4 rings (SSSR count). The molecule has 0 atom stereocenters. The van der Waals surface area contributed by atoms with Crippen molar-refractivity contribution in [2.24, 2.45) is 0 Å². The molecule has 0 fully saturated rings. The van der Waals surface area contributed by atoms with Crippen molar-refractivity contribution < 1.29 is 18.4 Å². The molecule has 0 radical (unpaired) electrons. The van der Waals surface area contributed by atoms with Crippen LogP contribution in [-0.4, -0.2) is 11.7 Å². The topological polar surface area (TPSA) is 72.5 Å². The lowest BCUT2D eigenvalue weighted by Crippen LogP contribution is -2.08. The van der Waals surface area contributed by atoms with E-state index in [1.54, 1.807) is 78.9 Å². The number of furan rings is 2. The molecule has 5 nitrogen and oxygen atoms in total. The zero-order valence-electron chi connectivity index (χ0n) is 17.1. The summed E-state index contributed by atoms with van der Waals surface area (Å²) < 4.78 is 10.9. The van der Waals surface area contributed by atoms with Crippen LogP contribution in [0.4, 0.5) is 5.69 Å². The number of allylic oxidation sites excluding steroid dienone is 1. The average molecular weight is 478 g/mol.